The van der Waals surface area contributed by atoms with Gasteiger partial charge in [0.25, 0.3) is 0 Å². The summed E-state index contributed by atoms with van der Waals surface area (Å²) in [5.74, 6) is 1.20. The van der Waals surface area contributed by atoms with Crippen LogP contribution < -0.4 is 5.32 Å². The molecule has 18 heavy (non-hydrogen) atoms. The van der Waals surface area contributed by atoms with Gasteiger partial charge >= 0.3 is 0 Å². The summed E-state index contributed by atoms with van der Waals surface area (Å²) in [6.07, 6.45) is 3.79. The third-order valence-corrected chi connectivity index (χ3v) is 4.79. The summed E-state index contributed by atoms with van der Waals surface area (Å²) in [6, 6.07) is 1.07. The largest absolute Gasteiger partial charge is 0.361 e. The highest BCUT2D eigenvalue weighted by molar-refractivity contribution is 8.13. The standard InChI is InChI=1S/C14H27N3S/c1-14(2,3)12-7-9-18-13(16-12)15-11-6-5-8-17(4)10-11/h11-12H,5-10H2,1-4H3,(H,15,16). The minimum absolute atomic E-state index is 0.289. The van der Waals surface area contributed by atoms with Gasteiger partial charge in [-0.2, -0.15) is 0 Å². The Morgan fingerprint density at radius 2 is 2.11 bits per heavy atom. The van der Waals surface area contributed by atoms with Gasteiger partial charge in [-0.25, -0.2) is 0 Å². The van der Waals surface area contributed by atoms with Gasteiger partial charge in [-0.15, -0.1) is 0 Å². The number of rotatable bonds is 1. The number of piperidine rings is 1. The quantitative estimate of drug-likeness (QED) is 0.793. The minimum atomic E-state index is 0.289. The lowest BCUT2D eigenvalue weighted by molar-refractivity contribution is 0.241. The summed E-state index contributed by atoms with van der Waals surface area (Å²) in [6.45, 7) is 9.28. The molecule has 4 heteroatoms. The monoisotopic (exact) mass is 269 g/mol. The van der Waals surface area contributed by atoms with Gasteiger partial charge in [0, 0.05) is 18.3 Å². The van der Waals surface area contributed by atoms with Crippen LogP contribution in [-0.2, 0) is 0 Å². The number of thioether (sulfide) groups is 1. The van der Waals surface area contributed by atoms with Gasteiger partial charge in [0.1, 0.15) is 0 Å². The number of amidine groups is 1. The highest BCUT2D eigenvalue weighted by Gasteiger charge is 2.28. The predicted octanol–water partition coefficient (Wildman–Crippen LogP) is 2.58. The molecule has 2 unspecified atom stereocenters. The van der Waals surface area contributed by atoms with Gasteiger partial charge in [0.2, 0.25) is 0 Å². The van der Waals surface area contributed by atoms with Crippen molar-refractivity contribution in [1.29, 1.82) is 0 Å². The molecule has 1 N–H and O–H groups in total. The smallest absolute Gasteiger partial charge is 0.157 e. The van der Waals surface area contributed by atoms with E-state index in [4.69, 9.17) is 4.99 Å². The van der Waals surface area contributed by atoms with Crippen LogP contribution in [0.15, 0.2) is 4.99 Å². The fourth-order valence-electron chi connectivity index (χ4n) is 2.68. The second-order valence-corrected chi connectivity index (χ2v) is 7.78. The van der Waals surface area contributed by atoms with Crippen molar-refractivity contribution in [2.75, 3.05) is 25.9 Å². The Labute approximate surface area is 116 Å². The Hall–Kier alpha value is -0.220. The highest BCUT2D eigenvalue weighted by atomic mass is 32.2. The summed E-state index contributed by atoms with van der Waals surface area (Å²) < 4.78 is 0. The maximum Gasteiger partial charge on any atom is 0.157 e. The van der Waals surface area contributed by atoms with Gasteiger partial charge in [0.05, 0.1) is 6.04 Å². The van der Waals surface area contributed by atoms with Gasteiger partial charge < -0.3 is 10.2 Å². The number of likely N-dealkylation sites (N-methyl/N-ethyl adjacent to an activating group) is 1. The molecular weight excluding hydrogens is 242 g/mol. The average Bonchev–Trinajstić information content (AvgIpc) is 2.28. The Bertz CT molecular complexity index is 309. The lowest BCUT2D eigenvalue weighted by atomic mass is 9.85. The van der Waals surface area contributed by atoms with Crippen molar-refractivity contribution in [2.45, 2.75) is 52.1 Å². The first-order valence-corrected chi connectivity index (χ1v) is 8.09. The number of hydrogen-bond acceptors (Lipinski definition) is 4. The van der Waals surface area contributed by atoms with Crippen LogP contribution in [0.4, 0.5) is 0 Å². The zero-order valence-electron chi connectivity index (χ0n) is 12.2. The molecule has 104 valence electrons. The Kier molecular flexibility index (Phi) is 4.59. The van der Waals surface area contributed by atoms with Crippen molar-refractivity contribution in [3.8, 4) is 0 Å². The summed E-state index contributed by atoms with van der Waals surface area (Å²) in [4.78, 5) is 7.34. The molecule has 0 amide bonds. The van der Waals surface area contributed by atoms with E-state index in [1.54, 1.807) is 0 Å². The topological polar surface area (TPSA) is 27.6 Å². The maximum atomic E-state index is 4.92. The Morgan fingerprint density at radius 3 is 2.78 bits per heavy atom. The SMILES string of the molecule is CN1CCCC(NC2=NC(C(C)(C)C)CCS2)C1. The average molecular weight is 269 g/mol. The molecule has 2 aliphatic rings. The van der Waals surface area contributed by atoms with Crippen LogP contribution in [0.1, 0.15) is 40.0 Å². The van der Waals surface area contributed by atoms with Crippen molar-refractivity contribution in [2.24, 2.45) is 10.4 Å². The first-order chi connectivity index (χ1) is 8.45. The van der Waals surface area contributed by atoms with E-state index in [0.29, 0.717) is 12.1 Å². The van der Waals surface area contributed by atoms with Crippen LogP contribution in [0, 0.1) is 5.41 Å². The molecule has 0 aromatic carbocycles. The lowest BCUT2D eigenvalue weighted by Gasteiger charge is -2.34. The summed E-state index contributed by atoms with van der Waals surface area (Å²) in [5.41, 5.74) is 0.289. The number of aliphatic imine (C=N–C) groups is 1. The van der Waals surface area contributed by atoms with Crippen molar-refractivity contribution < 1.29 is 0 Å². The summed E-state index contributed by atoms with van der Waals surface area (Å²) >= 11 is 1.90. The van der Waals surface area contributed by atoms with Crippen LogP contribution in [0.2, 0.25) is 0 Å². The van der Waals surface area contributed by atoms with Gasteiger partial charge in [0.15, 0.2) is 5.17 Å². The molecule has 1 fully saturated rings. The van der Waals surface area contributed by atoms with E-state index in [1.807, 2.05) is 11.8 Å². The number of hydrogen-bond donors (Lipinski definition) is 1. The van der Waals surface area contributed by atoms with Crippen LogP contribution in [-0.4, -0.2) is 48.0 Å². The van der Waals surface area contributed by atoms with E-state index in [-0.39, 0.29) is 5.41 Å². The fourth-order valence-corrected chi connectivity index (χ4v) is 3.66. The Morgan fingerprint density at radius 1 is 1.33 bits per heavy atom. The van der Waals surface area contributed by atoms with E-state index in [0.717, 1.165) is 6.54 Å². The molecule has 0 radical (unpaired) electrons. The van der Waals surface area contributed by atoms with E-state index in [1.165, 1.54) is 36.7 Å². The van der Waals surface area contributed by atoms with Crippen molar-refractivity contribution >= 4 is 16.9 Å². The lowest BCUT2D eigenvalue weighted by Crippen LogP contribution is -2.46. The maximum absolute atomic E-state index is 4.92. The fraction of sp³-hybridized carbons (Fsp3) is 0.929. The number of nitrogens with zero attached hydrogens (tertiary/aromatic N) is 2. The molecule has 2 heterocycles. The molecule has 3 nitrogen and oxygen atoms in total. The third kappa shape index (κ3) is 3.89. The second-order valence-electron chi connectivity index (χ2n) is 6.70. The molecule has 1 saturated heterocycles. The van der Waals surface area contributed by atoms with E-state index in [2.05, 4.69) is 38.0 Å². The number of likely N-dealkylation sites (tertiary alicyclic amines) is 1. The molecule has 0 bridgehead atoms. The van der Waals surface area contributed by atoms with Gasteiger partial charge in [-0.3, -0.25) is 4.99 Å². The molecule has 0 aliphatic carbocycles. The zero-order chi connectivity index (χ0) is 13.2. The summed E-state index contributed by atoms with van der Waals surface area (Å²) in [5, 5.41) is 4.84. The first kappa shape index (κ1) is 14.2. The normalized spacial score (nSPS) is 31.0. The Balaban J connectivity index is 1.94. The van der Waals surface area contributed by atoms with Crippen LogP contribution in [0.25, 0.3) is 0 Å². The minimum Gasteiger partial charge on any atom is -0.361 e. The predicted molar refractivity (Wildman–Crippen MR) is 81.4 cm³/mol. The van der Waals surface area contributed by atoms with Crippen LogP contribution in [0.3, 0.4) is 0 Å². The van der Waals surface area contributed by atoms with Gasteiger partial charge in [-0.05, 0) is 38.3 Å². The summed E-state index contributed by atoms with van der Waals surface area (Å²) in [7, 11) is 2.21. The second kappa shape index (κ2) is 5.83. The third-order valence-electron chi connectivity index (χ3n) is 3.85. The van der Waals surface area contributed by atoms with E-state index < -0.39 is 0 Å². The van der Waals surface area contributed by atoms with Crippen molar-refractivity contribution in [1.82, 2.24) is 10.2 Å². The highest BCUT2D eigenvalue weighted by Crippen LogP contribution is 2.30. The molecule has 2 aliphatic heterocycles. The van der Waals surface area contributed by atoms with Gasteiger partial charge in [-0.1, -0.05) is 32.5 Å². The van der Waals surface area contributed by atoms with Crippen LogP contribution >= 0.6 is 11.8 Å². The molecule has 0 saturated carbocycles. The molecule has 0 aromatic rings. The molecular formula is C14H27N3S. The zero-order valence-corrected chi connectivity index (χ0v) is 13.0. The van der Waals surface area contributed by atoms with E-state index in [9.17, 15) is 0 Å². The van der Waals surface area contributed by atoms with Crippen LogP contribution in [0.5, 0.6) is 0 Å². The van der Waals surface area contributed by atoms with E-state index >= 15 is 0 Å². The first-order valence-electron chi connectivity index (χ1n) is 7.11. The van der Waals surface area contributed by atoms with Crippen molar-refractivity contribution in [3.05, 3.63) is 0 Å². The molecule has 0 spiro atoms. The van der Waals surface area contributed by atoms with Crippen molar-refractivity contribution in [3.63, 3.8) is 0 Å². The molecule has 2 rings (SSSR count). The molecule has 2 atom stereocenters. The number of nitrogens with one attached hydrogen (secondary N) is 1. The molecule has 0 aromatic heterocycles.